The molecule has 0 unspecified atom stereocenters. The fourth-order valence-electron chi connectivity index (χ4n) is 2.71. The normalized spacial score (nSPS) is 20.9. The molecular weight excluding hydrogens is 350 g/mol. The number of thiazole rings is 1. The topological polar surface area (TPSA) is 54.5 Å². The van der Waals surface area contributed by atoms with Crippen molar-refractivity contribution in [3.63, 3.8) is 0 Å². The van der Waals surface area contributed by atoms with Gasteiger partial charge in [-0.05, 0) is 25.2 Å². The number of morpholine rings is 1. The lowest BCUT2D eigenvalue weighted by molar-refractivity contribution is -0.113. The number of hydrogen-bond donors (Lipinski definition) is 1. The number of amides is 1. The molecular formula is C15H21N3O2S3. The zero-order valence-corrected chi connectivity index (χ0v) is 15.6. The minimum Gasteiger partial charge on any atom is -0.378 e. The van der Waals surface area contributed by atoms with E-state index in [1.165, 1.54) is 28.8 Å². The Bertz CT molecular complexity index is 585. The minimum atomic E-state index is -0.0373. The monoisotopic (exact) mass is 371 g/mol. The molecule has 0 spiro atoms. The summed E-state index contributed by atoms with van der Waals surface area (Å²) < 4.78 is 6.08. The lowest BCUT2D eigenvalue weighted by atomic mass is 9.93. The highest BCUT2D eigenvalue weighted by molar-refractivity contribution is 8.23. The number of aryl methyl sites for hydroxylation is 1. The Balaban J connectivity index is 1.47. The molecule has 1 aliphatic carbocycles. The van der Waals surface area contributed by atoms with Crippen LogP contribution in [0.2, 0.25) is 0 Å². The SMILES string of the molecule is C[C@@H]1CCc2nc(NC(=O)CSC(=S)N3CCOCC3)sc2C1. The summed E-state index contributed by atoms with van der Waals surface area (Å²) in [7, 11) is 0. The average molecular weight is 372 g/mol. The average Bonchev–Trinajstić information content (AvgIpc) is 2.94. The molecule has 0 radical (unpaired) electrons. The van der Waals surface area contributed by atoms with E-state index in [9.17, 15) is 4.79 Å². The predicted octanol–water partition coefficient (Wildman–Crippen LogP) is 2.56. The third kappa shape index (κ3) is 4.65. The summed E-state index contributed by atoms with van der Waals surface area (Å²) in [6, 6.07) is 0. The van der Waals surface area contributed by atoms with Gasteiger partial charge in [0.2, 0.25) is 5.91 Å². The molecule has 1 aromatic rings. The Morgan fingerprint density at radius 2 is 2.30 bits per heavy atom. The van der Waals surface area contributed by atoms with Gasteiger partial charge in [-0.15, -0.1) is 11.3 Å². The number of nitrogens with zero attached hydrogens (tertiary/aromatic N) is 2. The van der Waals surface area contributed by atoms with E-state index in [0.717, 1.165) is 35.4 Å². The van der Waals surface area contributed by atoms with Crippen LogP contribution in [0.25, 0.3) is 0 Å². The standard InChI is InChI=1S/C15H21N3O2S3/c1-10-2-3-11-12(8-10)23-14(16-11)17-13(19)9-22-15(21)18-4-6-20-7-5-18/h10H,2-9H2,1H3,(H,16,17,19)/t10-/m1/s1. The van der Waals surface area contributed by atoms with E-state index < -0.39 is 0 Å². The van der Waals surface area contributed by atoms with Crippen molar-refractivity contribution in [1.82, 2.24) is 9.88 Å². The number of thioether (sulfide) groups is 1. The van der Waals surface area contributed by atoms with Gasteiger partial charge < -0.3 is 15.0 Å². The van der Waals surface area contributed by atoms with Crippen molar-refractivity contribution in [2.24, 2.45) is 5.92 Å². The molecule has 1 saturated heterocycles. The van der Waals surface area contributed by atoms with E-state index in [4.69, 9.17) is 17.0 Å². The lowest BCUT2D eigenvalue weighted by Crippen LogP contribution is -2.39. The summed E-state index contributed by atoms with van der Waals surface area (Å²) in [6.45, 7) is 5.30. The summed E-state index contributed by atoms with van der Waals surface area (Å²) in [4.78, 5) is 20.1. The van der Waals surface area contributed by atoms with Crippen molar-refractivity contribution in [3.05, 3.63) is 10.6 Å². The number of ether oxygens (including phenoxy) is 1. The largest absolute Gasteiger partial charge is 0.378 e. The number of carbonyl (C=O) groups is 1. The lowest BCUT2D eigenvalue weighted by Gasteiger charge is -2.28. The van der Waals surface area contributed by atoms with Crippen molar-refractivity contribution in [3.8, 4) is 0 Å². The van der Waals surface area contributed by atoms with Gasteiger partial charge in [0.15, 0.2) is 5.13 Å². The minimum absolute atomic E-state index is 0.0373. The highest BCUT2D eigenvalue weighted by Gasteiger charge is 2.21. The molecule has 2 aliphatic rings. The van der Waals surface area contributed by atoms with Crippen molar-refractivity contribution in [1.29, 1.82) is 0 Å². The highest BCUT2D eigenvalue weighted by Crippen LogP contribution is 2.32. The number of hydrogen-bond acceptors (Lipinski definition) is 6. The second kappa shape index (κ2) is 7.92. The third-order valence-electron chi connectivity index (χ3n) is 4.03. The van der Waals surface area contributed by atoms with Crippen LogP contribution < -0.4 is 5.32 Å². The highest BCUT2D eigenvalue weighted by atomic mass is 32.2. The Hall–Kier alpha value is -0.700. The molecule has 0 saturated carbocycles. The molecule has 0 bridgehead atoms. The van der Waals surface area contributed by atoms with Gasteiger partial charge in [0.25, 0.3) is 0 Å². The summed E-state index contributed by atoms with van der Waals surface area (Å²) in [5.74, 6) is 1.01. The van der Waals surface area contributed by atoms with Gasteiger partial charge in [-0.1, -0.05) is 30.9 Å². The van der Waals surface area contributed by atoms with Crippen LogP contribution in [-0.2, 0) is 22.4 Å². The summed E-state index contributed by atoms with van der Waals surface area (Å²) in [5, 5.41) is 3.65. The smallest absolute Gasteiger partial charge is 0.236 e. The van der Waals surface area contributed by atoms with Gasteiger partial charge in [0.05, 0.1) is 24.7 Å². The van der Waals surface area contributed by atoms with Gasteiger partial charge in [-0.25, -0.2) is 4.98 Å². The van der Waals surface area contributed by atoms with E-state index in [1.807, 2.05) is 0 Å². The second-order valence-electron chi connectivity index (χ2n) is 5.94. The number of anilines is 1. The van der Waals surface area contributed by atoms with Crippen LogP contribution >= 0.6 is 35.3 Å². The molecule has 8 heteroatoms. The summed E-state index contributed by atoms with van der Waals surface area (Å²) in [5.41, 5.74) is 1.17. The quantitative estimate of drug-likeness (QED) is 0.824. The fraction of sp³-hybridized carbons (Fsp3) is 0.667. The number of fused-ring (bicyclic) bond motifs is 1. The first-order valence-corrected chi connectivity index (χ1v) is 10.1. The van der Waals surface area contributed by atoms with Crippen molar-refractivity contribution < 1.29 is 9.53 Å². The van der Waals surface area contributed by atoms with Gasteiger partial charge >= 0.3 is 0 Å². The maximum atomic E-state index is 12.1. The van der Waals surface area contributed by atoms with E-state index in [2.05, 4.69) is 22.1 Å². The van der Waals surface area contributed by atoms with Crippen LogP contribution in [0.5, 0.6) is 0 Å². The molecule has 0 aromatic carbocycles. The van der Waals surface area contributed by atoms with Crippen molar-refractivity contribution >= 4 is 50.7 Å². The molecule has 1 fully saturated rings. The summed E-state index contributed by atoms with van der Waals surface area (Å²) in [6.07, 6.45) is 3.30. The Labute approximate surface area is 150 Å². The van der Waals surface area contributed by atoms with E-state index in [0.29, 0.717) is 24.9 Å². The van der Waals surface area contributed by atoms with Crippen molar-refractivity contribution in [2.45, 2.75) is 26.2 Å². The van der Waals surface area contributed by atoms with Gasteiger partial charge in [0.1, 0.15) is 4.32 Å². The molecule has 1 N–H and O–H groups in total. The first-order chi connectivity index (χ1) is 11.1. The van der Waals surface area contributed by atoms with Gasteiger partial charge in [-0.3, -0.25) is 4.79 Å². The van der Waals surface area contributed by atoms with Crippen LogP contribution in [-0.4, -0.2) is 52.2 Å². The summed E-state index contributed by atoms with van der Waals surface area (Å²) >= 11 is 8.41. The number of rotatable bonds is 3. The Kier molecular flexibility index (Phi) is 5.90. The second-order valence-corrected chi connectivity index (χ2v) is 8.63. The van der Waals surface area contributed by atoms with Gasteiger partial charge in [-0.2, -0.15) is 0 Å². The number of carbonyl (C=O) groups excluding carboxylic acids is 1. The van der Waals surface area contributed by atoms with Crippen LogP contribution in [0.15, 0.2) is 0 Å². The molecule has 1 aliphatic heterocycles. The molecule has 5 nitrogen and oxygen atoms in total. The molecule has 1 amide bonds. The molecule has 23 heavy (non-hydrogen) atoms. The third-order valence-corrected chi connectivity index (χ3v) is 6.59. The Morgan fingerprint density at radius 3 is 3.09 bits per heavy atom. The molecule has 1 aromatic heterocycles. The van der Waals surface area contributed by atoms with E-state index in [1.54, 1.807) is 11.3 Å². The van der Waals surface area contributed by atoms with Crippen LogP contribution in [0.1, 0.15) is 23.9 Å². The molecule has 3 rings (SSSR count). The van der Waals surface area contributed by atoms with E-state index >= 15 is 0 Å². The zero-order valence-electron chi connectivity index (χ0n) is 13.2. The number of nitrogens with one attached hydrogen (secondary N) is 1. The molecule has 1 atom stereocenters. The van der Waals surface area contributed by atoms with Crippen LogP contribution in [0.4, 0.5) is 5.13 Å². The Morgan fingerprint density at radius 1 is 1.52 bits per heavy atom. The molecule has 2 heterocycles. The predicted molar refractivity (Wildman–Crippen MR) is 99.4 cm³/mol. The van der Waals surface area contributed by atoms with Gasteiger partial charge in [0, 0.05) is 18.0 Å². The van der Waals surface area contributed by atoms with Crippen LogP contribution in [0, 0.1) is 5.92 Å². The fourth-order valence-corrected chi connectivity index (χ4v) is 4.95. The van der Waals surface area contributed by atoms with Crippen LogP contribution in [0.3, 0.4) is 0 Å². The number of thiocarbonyl (C=S) groups is 1. The first-order valence-electron chi connectivity index (χ1n) is 7.89. The zero-order chi connectivity index (χ0) is 16.2. The maximum Gasteiger partial charge on any atom is 0.236 e. The van der Waals surface area contributed by atoms with E-state index in [-0.39, 0.29) is 5.91 Å². The van der Waals surface area contributed by atoms with Crippen molar-refractivity contribution in [2.75, 3.05) is 37.4 Å². The number of aromatic nitrogens is 1. The maximum absolute atomic E-state index is 12.1. The molecule has 126 valence electrons. The first kappa shape index (κ1) is 17.1.